The average molecular weight is 536 g/mol. The van der Waals surface area contributed by atoms with Crippen LogP contribution in [0.1, 0.15) is 16.7 Å². The summed E-state index contributed by atoms with van der Waals surface area (Å²) in [5.74, 6) is 2.17. The molecular weight excluding hydrogens is 511 g/mol. The fourth-order valence-electron chi connectivity index (χ4n) is 2.67. The zero-order chi connectivity index (χ0) is 22.1. The number of aromatic nitrogens is 3. The Morgan fingerprint density at radius 1 is 0.968 bits per heavy atom. The smallest absolute Gasteiger partial charge is 0.174 e. The van der Waals surface area contributed by atoms with E-state index in [1.807, 2.05) is 24.3 Å². The topological polar surface area (TPSA) is 80.0 Å². The van der Waals surface area contributed by atoms with Crippen LogP contribution in [0.2, 0.25) is 0 Å². The van der Waals surface area contributed by atoms with Crippen LogP contribution < -0.4 is 14.2 Å². The molecule has 0 N–H and O–H groups in total. The van der Waals surface area contributed by atoms with Crippen LogP contribution in [0.5, 0.6) is 17.2 Å². The van der Waals surface area contributed by atoms with E-state index in [0.29, 0.717) is 37.9 Å². The van der Waals surface area contributed by atoms with Gasteiger partial charge in [-0.1, -0.05) is 6.07 Å². The van der Waals surface area contributed by atoms with Crippen molar-refractivity contribution in [3.05, 3.63) is 63.2 Å². The summed E-state index contributed by atoms with van der Waals surface area (Å²) in [4.78, 5) is 0. The average Bonchev–Trinajstić information content (AvgIpc) is 3.28. The van der Waals surface area contributed by atoms with Crippen LogP contribution >= 0.6 is 22.6 Å². The number of methoxy groups -OCH3 is 1. The van der Waals surface area contributed by atoms with Crippen molar-refractivity contribution >= 4 is 28.8 Å². The van der Waals surface area contributed by atoms with E-state index in [4.69, 9.17) is 18.9 Å². The summed E-state index contributed by atoms with van der Waals surface area (Å²) in [5, 5.41) is 11.7. The van der Waals surface area contributed by atoms with Gasteiger partial charge in [-0.2, -0.15) is 5.10 Å². The van der Waals surface area contributed by atoms with Crippen molar-refractivity contribution in [3.8, 4) is 17.2 Å². The van der Waals surface area contributed by atoms with Gasteiger partial charge in [-0.25, -0.2) is 4.68 Å². The number of halogens is 1. The van der Waals surface area contributed by atoms with Crippen molar-refractivity contribution < 1.29 is 18.9 Å². The molecule has 164 valence electrons. The number of ether oxygens (including phenoxy) is 4. The SMILES string of the molecule is COc1cc(/C=N\n2cnnc2)cc(I)c1OCCOCCOc1ccc(C)c(C)c1. The van der Waals surface area contributed by atoms with E-state index >= 15 is 0 Å². The number of benzene rings is 2. The third-order valence-corrected chi connectivity index (χ3v) is 5.25. The van der Waals surface area contributed by atoms with Gasteiger partial charge in [0.25, 0.3) is 0 Å². The van der Waals surface area contributed by atoms with Gasteiger partial charge in [0, 0.05) is 0 Å². The molecule has 3 aromatic rings. The first-order chi connectivity index (χ1) is 15.1. The summed E-state index contributed by atoms with van der Waals surface area (Å²) in [6.45, 7) is 5.99. The molecule has 0 unspecified atom stereocenters. The highest BCUT2D eigenvalue weighted by Crippen LogP contribution is 2.33. The molecule has 8 nitrogen and oxygen atoms in total. The Morgan fingerprint density at radius 2 is 1.71 bits per heavy atom. The van der Waals surface area contributed by atoms with E-state index in [1.165, 1.54) is 28.5 Å². The Morgan fingerprint density at radius 3 is 2.42 bits per heavy atom. The molecule has 3 rings (SSSR count). The fourth-order valence-corrected chi connectivity index (χ4v) is 3.45. The molecule has 0 bridgehead atoms. The summed E-state index contributed by atoms with van der Waals surface area (Å²) in [7, 11) is 1.61. The molecule has 1 heterocycles. The predicted octanol–water partition coefficient (Wildman–Crippen LogP) is 3.86. The highest BCUT2D eigenvalue weighted by Gasteiger charge is 2.11. The van der Waals surface area contributed by atoms with Crippen molar-refractivity contribution in [3.63, 3.8) is 0 Å². The third kappa shape index (κ3) is 6.93. The second-order valence-electron chi connectivity index (χ2n) is 6.68. The molecule has 0 amide bonds. The molecule has 0 aliphatic heterocycles. The molecule has 31 heavy (non-hydrogen) atoms. The lowest BCUT2D eigenvalue weighted by atomic mass is 10.1. The number of hydrogen-bond acceptors (Lipinski definition) is 7. The van der Waals surface area contributed by atoms with Gasteiger partial charge in [-0.05, 0) is 77.4 Å². The van der Waals surface area contributed by atoms with Gasteiger partial charge in [0.2, 0.25) is 0 Å². The van der Waals surface area contributed by atoms with Crippen molar-refractivity contribution in [1.82, 2.24) is 14.9 Å². The van der Waals surface area contributed by atoms with Crippen LogP contribution in [0.4, 0.5) is 0 Å². The van der Waals surface area contributed by atoms with E-state index in [0.717, 1.165) is 14.9 Å². The maximum absolute atomic E-state index is 5.89. The molecule has 0 fully saturated rings. The van der Waals surface area contributed by atoms with Crippen molar-refractivity contribution in [2.45, 2.75) is 13.8 Å². The first-order valence-electron chi connectivity index (χ1n) is 9.74. The maximum Gasteiger partial charge on any atom is 0.174 e. The second-order valence-corrected chi connectivity index (χ2v) is 7.84. The minimum Gasteiger partial charge on any atom is -0.493 e. The largest absolute Gasteiger partial charge is 0.493 e. The first kappa shape index (κ1) is 23.0. The third-order valence-electron chi connectivity index (χ3n) is 4.45. The van der Waals surface area contributed by atoms with Gasteiger partial charge >= 0.3 is 0 Å². The van der Waals surface area contributed by atoms with E-state index in [-0.39, 0.29) is 0 Å². The lowest BCUT2D eigenvalue weighted by Crippen LogP contribution is -2.13. The summed E-state index contributed by atoms with van der Waals surface area (Å²) in [5.41, 5.74) is 3.34. The summed E-state index contributed by atoms with van der Waals surface area (Å²) < 4.78 is 25.1. The van der Waals surface area contributed by atoms with E-state index < -0.39 is 0 Å². The molecule has 0 aliphatic carbocycles. The van der Waals surface area contributed by atoms with E-state index in [2.05, 4.69) is 57.8 Å². The maximum atomic E-state index is 5.89. The van der Waals surface area contributed by atoms with E-state index in [1.54, 1.807) is 13.3 Å². The summed E-state index contributed by atoms with van der Waals surface area (Å²) >= 11 is 2.21. The number of hydrogen-bond donors (Lipinski definition) is 0. The van der Waals surface area contributed by atoms with Crippen molar-refractivity contribution in [1.29, 1.82) is 0 Å². The minimum atomic E-state index is 0.407. The van der Waals surface area contributed by atoms with Gasteiger partial charge in [0.1, 0.15) is 31.6 Å². The van der Waals surface area contributed by atoms with Crippen LogP contribution in [0.25, 0.3) is 0 Å². The van der Waals surface area contributed by atoms with Crippen LogP contribution in [0.3, 0.4) is 0 Å². The second kappa shape index (κ2) is 11.7. The van der Waals surface area contributed by atoms with Gasteiger partial charge in [0.15, 0.2) is 11.5 Å². The molecular formula is C22H25IN4O4. The Kier molecular flexibility index (Phi) is 8.65. The lowest BCUT2D eigenvalue weighted by molar-refractivity contribution is 0.0755. The Bertz CT molecular complexity index is 1010. The molecule has 0 aliphatic rings. The molecule has 0 spiro atoms. The molecule has 9 heteroatoms. The quantitative estimate of drug-likeness (QED) is 0.211. The minimum absolute atomic E-state index is 0.407. The highest BCUT2D eigenvalue weighted by molar-refractivity contribution is 14.1. The number of rotatable bonds is 11. The predicted molar refractivity (Wildman–Crippen MR) is 126 cm³/mol. The van der Waals surface area contributed by atoms with Gasteiger partial charge in [0.05, 0.1) is 30.1 Å². The lowest BCUT2D eigenvalue weighted by Gasteiger charge is -2.14. The molecule has 1 aromatic heterocycles. The zero-order valence-electron chi connectivity index (χ0n) is 17.7. The Labute approximate surface area is 195 Å². The van der Waals surface area contributed by atoms with Gasteiger partial charge in [-0.15, -0.1) is 10.2 Å². The number of aryl methyl sites for hydroxylation is 2. The van der Waals surface area contributed by atoms with Crippen LogP contribution in [-0.2, 0) is 4.74 Å². The van der Waals surface area contributed by atoms with Gasteiger partial charge < -0.3 is 18.9 Å². The molecule has 0 radical (unpaired) electrons. The number of nitrogens with zero attached hydrogens (tertiary/aromatic N) is 4. The van der Waals surface area contributed by atoms with Crippen molar-refractivity contribution in [2.24, 2.45) is 5.10 Å². The zero-order valence-corrected chi connectivity index (χ0v) is 19.9. The highest BCUT2D eigenvalue weighted by atomic mass is 127. The standard InChI is InChI=1S/C22H25IN4O4/c1-16-4-5-19(10-17(16)2)30-8-6-29-7-9-31-22-20(23)11-18(12-21(22)28-3)13-26-27-14-24-25-15-27/h4-5,10-15H,6-9H2,1-3H3/b26-13-. The summed E-state index contributed by atoms with van der Waals surface area (Å²) in [6, 6.07) is 9.89. The molecule has 2 aromatic carbocycles. The normalized spacial score (nSPS) is 11.1. The molecule has 0 saturated carbocycles. The van der Waals surface area contributed by atoms with E-state index in [9.17, 15) is 0 Å². The first-order valence-corrected chi connectivity index (χ1v) is 10.8. The van der Waals surface area contributed by atoms with Crippen molar-refractivity contribution in [2.75, 3.05) is 33.5 Å². The van der Waals surface area contributed by atoms with Crippen LogP contribution in [0.15, 0.2) is 48.1 Å². The van der Waals surface area contributed by atoms with Crippen LogP contribution in [-0.4, -0.2) is 54.6 Å². The molecule has 0 atom stereocenters. The summed E-state index contributed by atoms with van der Waals surface area (Å²) in [6.07, 6.45) is 4.74. The van der Waals surface area contributed by atoms with Gasteiger partial charge in [-0.3, -0.25) is 0 Å². The Hall–Kier alpha value is -2.66. The Balaban J connectivity index is 1.43. The fraction of sp³-hybridized carbons (Fsp3) is 0.318. The monoisotopic (exact) mass is 536 g/mol. The molecule has 0 saturated heterocycles. The van der Waals surface area contributed by atoms with Crippen LogP contribution in [0, 0.1) is 17.4 Å².